The second-order valence-electron chi connectivity index (χ2n) is 2.92. The van der Waals surface area contributed by atoms with Crippen LogP contribution in [-0.2, 0) is 0 Å². The van der Waals surface area contributed by atoms with Gasteiger partial charge >= 0.3 is 0 Å². The molecule has 0 heterocycles. The van der Waals surface area contributed by atoms with Crippen molar-refractivity contribution >= 4 is 17.8 Å². The first-order chi connectivity index (χ1) is 6.25. The van der Waals surface area contributed by atoms with Gasteiger partial charge in [-0.05, 0) is 0 Å². The van der Waals surface area contributed by atoms with Crippen LogP contribution in [0.25, 0.3) is 0 Å². The first kappa shape index (κ1) is 7.86. The quantitative estimate of drug-likeness (QED) is 0.514. The highest BCUT2D eigenvalue weighted by molar-refractivity contribution is 6.32. The summed E-state index contributed by atoms with van der Waals surface area (Å²) in [6.45, 7) is 0. The Labute approximate surface area is 74.9 Å². The van der Waals surface area contributed by atoms with E-state index in [1.807, 2.05) is 0 Å². The molecule has 1 aliphatic rings. The Morgan fingerprint density at radius 3 is 1.92 bits per heavy atom. The zero-order valence-electron chi connectivity index (χ0n) is 6.78. The minimum atomic E-state index is -0.877. The van der Waals surface area contributed by atoms with Crippen LogP contribution in [0.1, 0.15) is 20.7 Å². The van der Waals surface area contributed by atoms with Crippen molar-refractivity contribution in [3.63, 3.8) is 0 Å². The molecule has 0 unspecified atom stereocenters. The second-order valence-corrected chi connectivity index (χ2v) is 2.92. The largest absolute Gasteiger partial charge is 0.312 e. The van der Waals surface area contributed by atoms with Crippen LogP contribution in [0.3, 0.4) is 0 Å². The summed E-state index contributed by atoms with van der Waals surface area (Å²) in [6.07, 6.45) is 0.907. The van der Waals surface area contributed by atoms with Crippen LogP contribution >= 0.6 is 0 Å². The van der Waals surface area contributed by atoms with Crippen LogP contribution in [0, 0.1) is 11.3 Å². The fourth-order valence-electron chi connectivity index (χ4n) is 1.52. The minimum absolute atomic E-state index is 0.254. The number of ketones is 2. The summed E-state index contributed by atoms with van der Waals surface area (Å²) in [6, 6.07) is 6.69. The lowest BCUT2D eigenvalue weighted by Crippen LogP contribution is -2.15. The van der Waals surface area contributed by atoms with Gasteiger partial charge < -0.3 is 5.41 Å². The number of carbonyl (C=O) groups is 2. The molecule has 13 heavy (non-hydrogen) atoms. The van der Waals surface area contributed by atoms with Gasteiger partial charge in [0.15, 0.2) is 11.6 Å². The van der Waals surface area contributed by atoms with E-state index in [-0.39, 0.29) is 11.6 Å². The molecule has 1 aliphatic carbocycles. The number of fused-ring (bicyclic) bond motifs is 1. The molecule has 2 rings (SSSR count). The van der Waals surface area contributed by atoms with E-state index >= 15 is 0 Å². The van der Waals surface area contributed by atoms with Crippen LogP contribution in [0.4, 0.5) is 0 Å². The lowest BCUT2D eigenvalue weighted by Gasteiger charge is -1.93. The molecule has 1 N–H and O–H groups in total. The van der Waals surface area contributed by atoms with Gasteiger partial charge in [-0.15, -0.1) is 0 Å². The fourth-order valence-corrected chi connectivity index (χ4v) is 1.52. The number of hydrogen-bond donors (Lipinski definition) is 1. The molecule has 0 radical (unpaired) electrons. The Morgan fingerprint density at radius 2 is 1.54 bits per heavy atom. The van der Waals surface area contributed by atoms with Crippen LogP contribution in [0.5, 0.6) is 0 Å². The van der Waals surface area contributed by atoms with E-state index in [4.69, 9.17) is 5.41 Å². The normalized spacial score (nSPS) is 16.0. The maximum Gasteiger partial charge on any atom is 0.179 e. The Morgan fingerprint density at radius 1 is 1.08 bits per heavy atom. The Bertz CT molecular complexity index is 374. The summed E-state index contributed by atoms with van der Waals surface area (Å²) in [5.74, 6) is -1.39. The third-order valence-corrected chi connectivity index (χ3v) is 2.19. The zero-order valence-corrected chi connectivity index (χ0v) is 6.78. The van der Waals surface area contributed by atoms with Gasteiger partial charge in [-0.2, -0.15) is 0 Å². The lowest BCUT2D eigenvalue weighted by molar-refractivity contribution is 0.0886. The van der Waals surface area contributed by atoms with E-state index in [1.165, 1.54) is 0 Å². The van der Waals surface area contributed by atoms with Crippen molar-refractivity contribution in [2.75, 3.05) is 0 Å². The molecule has 0 fully saturated rings. The molecule has 3 heteroatoms. The predicted molar refractivity (Wildman–Crippen MR) is 47.4 cm³/mol. The molecule has 0 atom stereocenters. The van der Waals surface area contributed by atoms with Crippen LogP contribution in [0.15, 0.2) is 24.3 Å². The molecule has 0 aliphatic heterocycles. The molecule has 0 saturated carbocycles. The van der Waals surface area contributed by atoms with Crippen LogP contribution in [-0.4, -0.2) is 17.8 Å². The van der Waals surface area contributed by atoms with Crippen molar-refractivity contribution < 1.29 is 9.59 Å². The van der Waals surface area contributed by atoms with Crippen molar-refractivity contribution in [2.45, 2.75) is 0 Å². The topological polar surface area (TPSA) is 58.0 Å². The van der Waals surface area contributed by atoms with Gasteiger partial charge in [0.05, 0.1) is 0 Å². The first-order valence-electron chi connectivity index (χ1n) is 3.93. The van der Waals surface area contributed by atoms with Gasteiger partial charge in [-0.3, -0.25) is 9.59 Å². The van der Waals surface area contributed by atoms with E-state index in [0.29, 0.717) is 11.1 Å². The van der Waals surface area contributed by atoms with Gasteiger partial charge in [0.2, 0.25) is 0 Å². The average molecular weight is 173 g/mol. The standard InChI is InChI=1S/C10H7NO2/c11-5-8-9(12)6-3-1-2-4-7(6)10(8)13/h1-5,8,11H. The van der Waals surface area contributed by atoms with Crippen molar-refractivity contribution in [3.8, 4) is 0 Å². The van der Waals surface area contributed by atoms with E-state index in [0.717, 1.165) is 6.21 Å². The Kier molecular flexibility index (Phi) is 1.59. The highest BCUT2D eigenvalue weighted by Crippen LogP contribution is 2.24. The van der Waals surface area contributed by atoms with Gasteiger partial charge in [-0.25, -0.2) is 0 Å². The molecule has 0 spiro atoms. The minimum Gasteiger partial charge on any atom is -0.312 e. The Balaban J connectivity index is 2.63. The third-order valence-electron chi connectivity index (χ3n) is 2.19. The Hall–Kier alpha value is -1.77. The summed E-state index contributed by atoms with van der Waals surface area (Å²) < 4.78 is 0. The zero-order chi connectivity index (χ0) is 9.42. The first-order valence-corrected chi connectivity index (χ1v) is 3.93. The molecule has 1 aromatic carbocycles. The van der Waals surface area contributed by atoms with Crippen molar-refractivity contribution in [2.24, 2.45) is 5.92 Å². The monoisotopic (exact) mass is 173 g/mol. The number of hydrogen-bond acceptors (Lipinski definition) is 3. The molecule has 1 aromatic rings. The number of Topliss-reactive ketones (excluding diaryl/α,β-unsaturated/α-hetero) is 2. The molecule has 0 bridgehead atoms. The van der Waals surface area contributed by atoms with Gasteiger partial charge in [-0.1, -0.05) is 24.3 Å². The summed E-state index contributed by atoms with van der Waals surface area (Å²) in [5.41, 5.74) is 0.891. The smallest absolute Gasteiger partial charge is 0.179 e. The van der Waals surface area contributed by atoms with Crippen molar-refractivity contribution in [3.05, 3.63) is 35.4 Å². The van der Waals surface area contributed by atoms with Crippen molar-refractivity contribution in [1.82, 2.24) is 0 Å². The molecule has 64 valence electrons. The molecule has 0 aromatic heterocycles. The highest BCUT2D eigenvalue weighted by Gasteiger charge is 2.36. The summed E-state index contributed by atoms with van der Waals surface area (Å²) in [5, 5.41) is 6.97. The highest BCUT2D eigenvalue weighted by atomic mass is 16.2. The summed E-state index contributed by atoms with van der Waals surface area (Å²) >= 11 is 0. The molecule has 3 nitrogen and oxygen atoms in total. The maximum absolute atomic E-state index is 11.5. The third kappa shape index (κ3) is 0.935. The summed E-state index contributed by atoms with van der Waals surface area (Å²) in [4.78, 5) is 22.9. The van der Waals surface area contributed by atoms with E-state index < -0.39 is 5.92 Å². The molecule has 0 saturated heterocycles. The van der Waals surface area contributed by atoms with E-state index in [9.17, 15) is 9.59 Å². The van der Waals surface area contributed by atoms with E-state index in [2.05, 4.69) is 0 Å². The second kappa shape index (κ2) is 2.62. The predicted octanol–water partition coefficient (Wildman–Crippen LogP) is 1.33. The van der Waals surface area contributed by atoms with Crippen LogP contribution < -0.4 is 0 Å². The number of carbonyl (C=O) groups excluding carboxylic acids is 2. The summed E-state index contributed by atoms with van der Waals surface area (Å²) in [7, 11) is 0. The molecular weight excluding hydrogens is 166 g/mol. The molecular formula is C10H7NO2. The number of nitrogens with one attached hydrogen (secondary N) is 1. The average Bonchev–Trinajstić information content (AvgIpc) is 2.41. The van der Waals surface area contributed by atoms with Gasteiger partial charge in [0.1, 0.15) is 5.92 Å². The number of rotatable bonds is 1. The van der Waals surface area contributed by atoms with Gasteiger partial charge in [0.25, 0.3) is 0 Å². The van der Waals surface area contributed by atoms with Crippen molar-refractivity contribution in [1.29, 1.82) is 5.41 Å². The van der Waals surface area contributed by atoms with Crippen LogP contribution in [0.2, 0.25) is 0 Å². The lowest BCUT2D eigenvalue weighted by atomic mass is 10.1. The molecule has 0 amide bonds. The number of benzene rings is 1. The maximum atomic E-state index is 11.5. The SMILES string of the molecule is N=CC1C(=O)c2ccccc2C1=O. The fraction of sp³-hybridized carbons (Fsp3) is 0.100. The van der Waals surface area contributed by atoms with E-state index in [1.54, 1.807) is 24.3 Å². The van der Waals surface area contributed by atoms with Gasteiger partial charge in [0, 0.05) is 17.3 Å².